The van der Waals surface area contributed by atoms with Crippen LogP contribution < -0.4 is 5.32 Å². The van der Waals surface area contributed by atoms with Crippen LogP contribution in [-0.2, 0) is 4.79 Å². The van der Waals surface area contributed by atoms with Crippen molar-refractivity contribution in [3.63, 3.8) is 0 Å². The Balaban J connectivity index is 1.29. The zero-order chi connectivity index (χ0) is 22.9. The van der Waals surface area contributed by atoms with E-state index in [2.05, 4.69) is 30.0 Å². The van der Waals surface area contributed by atoms with E-state index < -0.39 is 16.9 Å². The molecular weight excluding hydrogens is 466 g/mol. The third-order valence-corrected chi connectivity index (χ3v) is 6.91. The number of amides is 1. The lowest BCUT2D eigenvalue weighted by Gasteiger charge is -2.12. The number of rotatable bonds is 7. The van der Waals surface area contributed by atoms with E-state index in [9.17, 15) is 13.6 Å². The number of halogens is 2. The second-order valence-corrected chi connectivity index (χ2v) is 9.73. The van der Waals surface area contributed by atoms with Crippen molar-refractivity contribution in [2.24, 2.45) is 0 Å². The van der Waals surface area contributed by atoms with Gasteiger partial charge in [-0.3, -0.25) is 14.3 Å². The number of benzene rings is 1. The smallest absolute Gasteiger partial charge is 0.239 e. The highest BCUT2D eigenvalue weighted by atomic mass is 32.2. The molecule has 0 bridgehead atoms. The van der Waals surface area contributed by atoms with Crippen LogP contribution in [0.4, 0.5) is 13.9 Å². The van der Waals surface area contributed by atoms with Crippen molar-refractivity contribution in [1.82, 2.24) is 24.7 Å². The van der Waals surface area contributed by atoms with Crippen molar-refractivity contribution >= 4 is 34.1 Å². The van der Waals surface area contributed by atoms with Crippen LogP contribution in [0, 0.1) is 11.6 Å². The monoisotopic (exact) mass is 484 g/mol. The standard InChI is InChI=1S/C22H18F2N6OS2/c1-12(20(31)27-21-26-18(11-32-21)13-4-7-16(23)17(24)9-13)33-22-29-28-19(30(22)15-5-6-15)14-3-2-8-25-10-14/h2-4,7-12,15H,5-6H2,1H3,(H,26,27,31)/t12-/m1/s1. The van der Waals surface area contributed by atoms with Crippen LogP contribution >= 0.6 is 23.1 Å². The molecule has 5 rings (SSSR count). The Labute approximate surface area is 196 Å². The molecule has 4 aromatic rings. The van der Waals surface area contributed by atoms with Gasteiger partial charge in [0.1, 0.15) is 0 Å². The van der Waals surface area contributed by atoms with Gasteiger partial charge in [-0.05, 0) is 50.1 Å². The first kappa shape index (κ1) is 21.7. The molecule has 11 heteroatoms. The van der Waals surface area contributed by atoms with Gasteiger partial charge >= 0.3 is 0 Å². The molecular formula is C22H18F2N6OS2. The number of aromatic nitrogens is 5. The van der Waals surface area contributed by atoms with Gasteiger partial charge in [-0.2, -0.15) is 0 Å². The number of pyridine rings is 1. The summed E-state index contributed by atoms with van der Waals surface area (Å²) < 4.78 is 28.8. The first-order valence-corrected chi connectivity index (χ1v) is 12.0. The van der Waals surface area contributed by atoms with Crippen LogP contribution in [0.5, 0.6) is 0 Å². The fourth-order valence-electron chi connectivity index (χ4n) is 3.25. The van der Waals surface area contributed by atoms with E-state index in [0.717, 1.165) is 36.4 Å². The number of nitrogens with one attached hydrogen (secondary N) is 1. The number of hydrogen-bond donors (Lipinski definition) is 1. The molecule has 1 aliphatic carbocycles. The Morgan fingerprint density at radius 3 is 2.79 bits per heavy atom. The fraction of sp³-hybridized carbons (Fsp3) is 0.227. The third kappa shape index (κ3) is 4.64. The minimum Gasteiger partial charge on any atom is -0.301 e. The molecule has 7 nitrogen and oxygen atoms in total. The maximum absolute atomic E-state index is 13.5. The molecule has 1 saturated carbocycles. The first-order valence-electron chi connectivity index (χ1n) is 10.2. The lowest BCUT2D eigenvalue weighted by Crippen LogP contribution is -2.22. The van der Waals surface area contributed by atoms with Crippen molar-refractivity contribution in [3.05, 3.63) is 59.7 Å². The maximum Gasteiger partial charge on any atom is 0.239 e. The number of carbonyl (C=O) groups excluding carboxylic acids is 1. The summed E-state index contributed by atoms with van der Waals surface area (Å²) in [6, 6.07) is 7.70. The maximum atomic E-state index is 13.5. The van der Waals surface area contributed by atoms with Gasteiger partial charge in [-0.25, -0.2) is 13.8 Å². The zero-order valence-electron chi connectivity index (χ0n) is 17.4. The number of nitrogens with zero attached hydrogens (tertiary/aromatic N) is 5. The van der Waals surface area contributed by atoms with E-state index in [4.69, 9.17) is 0 Å². The molecule has 33 heavy (non-hydrogen) atoms. The highest BCUT2D eigenvalue weighted by Gasteiger charge is 2.31. The fourth-order valence-corrected chi connectivity index (χ4v) is 4.89. The first-order chi connectivity index (χ1) is 16.0. The van der Waals surface area contributed by atoms with Crippen molar-refractivity contribution in [1.29, 1.82) is 0 Å². The molecule has 1 N–H and O–H groups in total. The van der Waals surface area contributed by atoms with Gasteiger partial charge < -0.3 is 5.32 Å². The summed E-state index contributed by atoms with van der Waals surface area (Å²) in [5.41, 5.74) is 1.78. The number of thioether (sulfide) groups is 1. The lowest BCUT2D eigenvalue weighted by molar-refractivity contribution is -0.115. The molecule has 1 atom stereocenters. The van der Waals surface area contributed by atoms with Crippen molar-refractivity contribution in [2.45, 2.75) is 36.2 Å². The summed E-state index contributed by atoms with van der Waals surface area (Å²) in [6.45, 7) is 1.79. The molecule has 1 fully saturated rings. The third-order valence-electron chi connectivity index (χ3n) is 5.10. The van der Waals surface area contributed by atoms with Gasteiger partial charge in [-0.15, -0.1) is 21.5 Å². The predicted octanol–water partition coefficient (Wildman–Crippen LogP) is 5.20. The van der Waals surface area contributed by atoms with Gasteiger partial charge in [0.05, 0.1) is 10.9 Å². The molecule has 0 saturated heterocycles. The van der Waals surface area contributed by atoms with E-state index in [1.54, 1.807) is 24.7 Å². The number of carbonyl (C=O) groups is 1. The van der Waals surface area contributed by atoms with E-state index in [0.29, 0.717) is 27.6 Å². The SMILES string of the molecule is C[C@@H](Sc1nnc(-c2cccnc2)n1C1CC1)C(=O)Nc1nc(-c2ccc(F)c(F)c2)cs1. The highest BCUT2D eigenvalue weighted by Crippen LogP contribution is 2.41. The minimum absolute atomic E-state index is 0.237. The molecule has 0 spiro atoms. The lowest BCUT2D eigenvalue weighted by atomic mass is 10.2. The molecule has 3 aromatic heterocycles. The van der Waals surface area contributed by atoms with Gasteiger partial charge in [0.15, 0.2) is 27.7 Å². The summed E-state index contributed by atoms with van der Waals surface area (Å²) in [4.78, 5) is 21.3. The molecule has 0 unspecified atom stereocenters. The van der Waals surface area contributed by atoms with Gasteiger partial charge in [0.25, 0.3) is 0 Å². The van der Waals surface area contributed by atoms with Crippen molar-refractivity contribution in [2.75, 3.05) is 5.32 Å². The minimum atomic E-state index is -0.943. The molecule has 1 aromatic carbocycles. The van der Waals surface area contributed by atoms with Gasteiger partial charge in [0, 0.05) is 34.9 Å². The molecule has 1 amide bonds. The average Bonchev–Trinajstić information content (AvgIpc) is 3.40. The van der Waals surface area contributed by atoms with Gasteiger partial charge in [-0.1, -0.05) is 11.8 Å². The van der Waals surface area contributed by atoms with E-state index in [-0.39, 0.29) is 5.91 Å². The zero-order valence-corrected chi connectivity index (χ0v) is 19.0. The van der Waals surface area contributed by atoms with E-state index in [1.165, 1.54) is 29.2 Å². The molecule has 0 radical (unpaired) electrons. The predicted molar refractivity (Wildman–Crippen MR) is 123 cm³/mol. The van der Waals surface area contributed by atoms with Gasteiger partial charge in [0.2, 0.25) is 5.91 Å². The molecule has 0 aliphatic heterocycles. The summed E-state index contributed by atoms with van der Waals surface area (Å²) >= 11 is 2.55. The second kappa shape index (κ2) is 8.99. The molecule has 168 valence electrons. The number of thiazole rings is 1. The Morgan fingerprint density at radius 1 is 1.21 bits per heavy atom. The normalized spacial score (nSPS) is 14.3. The highest BCUT2D eigenvalue weighted by molar-refractivity contribution is 8.00. The van der Waals surface area contributed by atoms with Crippen LogP contribution in [0.3, 0.4) is 0 Å². The van der Waals surface area contributed by atoms with Crippen LogP contribution in [0.1, 0.15) is 25.8 Å². The summed E-state index contributed by atoms with van der Waals surface area (Å²) in [7, 11) is 0. The van der Waals surface area contributed by atoms with Crippen LogP contribution in [-0.4, -0.2) is 35.9 Å². The molecule has 1 aliphatic rings. The molecule has 3 heterocycles. The van der Waals surface area contributed by atoms with Crippen molar-refractivity contribution < 1.29 is 13.6 Å². The summed E-state index contributed by atoms with van der Waals surface area (Å²) in [6.07, 6.45) is 5.55. The Kier molecular flexibility index (Phi) is 5.90. The van der Waals surface area contributed by atoms with Crippen LogP contribution in [0.15, 0.2) is 53.3 Å². The van der Waals surface area contributed by atoms with Crippen molar-refractivity contribution in [3.8, 4) is 22.6 Å². The van der Waals surface area contributed by atoms with Crippen LogP contribution in [0.25, 0.3) is 22.6 Å². The van der Waals surface area contributed by atoms with E-state index >= 15 is 0 Å². The quantitative estimate of drug-likeness (QED) is 0.363. The second-order valence-electron chi connectivity index (χ2n) is 7.57. The summed E-state index contributed by atoms with van der Waals surface area (Å²) in [5.74, 6) is -1.35. The van der Waals surface area contributed by atoms with E-state index in [1.807, 2.05) is 12.1 Å². The largest absolute Gasteiger partial charge is 0.301 e. The topological polar surface area (TPSA) is 85.6 Å². The summed E-state index contributed by atoms with van der Waals surface area (Å²) in [5, 5.41) is 13.8. The number of hydrogen-bond acceptors (Lipinski definition) is 7. The Morgan fingerprint density at radius 2 is 2.06 bits per heavy atom. The average molecular weight is 485 g/mol. The number of anilines is 1. The Hall–Kier alpha value is -3.18. The van der Waals surface area contributed by atoms with Crippen LogP contribution in [0.2, 0.25) is 0 Å². The Bertz CT molecular complexity index is 1310.